The van der Waals surface area contributed by atoms with Gasteiger partial charge in [-0.3, -0.25) is 4.68 Å². The van der Waals surface area contributed by atoms with Crippen LogP contribution in [0.2, 0.25) is 0 Å². The van der Waals surface area contributed by atoms with Gasteiger partial charge in [-0.15, -0.1) is 0 Å². The van der Waals surface area contributed by atoms with Crippen molar-refractivity contribution in [2.24, 2.45) is 0 Å². The standard InChI is InChI=1S/C13H14BrFN2O/c1-3-17-12(10(14)7-16-17)13(18)9-6-8(2)4-5-11(9)15/h4-7,13,18H,3H2,1-2H3. The zero-order chi connectivity index (χ0) is 13.3. The summed E-state index contributed by atoms with van der Waals surface area (Å²) in [5.74, 6) is -0.413. The summed E-state index contributed by atoms with van der Waals surface area (Å²) in [4.78, 5) is 0. The summed E-state index contributed by atoms with van der Waals surface area (Å²) in [7, 11) is 0. The van der Waals surface area contributed by atoms with E-state index in [2.05, 4.69) is 21.0 Å². The Morgan fingerprint density at radius 2 is 2.22 bits per heavy atom. The SMILES string of the molecule is CCn1ncc(Br)c1C(O)c1cc(C)ccc1F. The van der Waals surface area contributed by atoms with Crippen LogP contribution in [0, 0.1) is 12.7 Å². The van der Waals surface area contributed by atoms with E-state index in [0.29, 0.717) is 16.7 Å². The number of hydrogen-bond donors (Lipinski definition) is 1. The fourth-order valence-corrected chi connectivity index (χ4v) is 2.43. The highest BCUT2D eigenvalue weighted by Crippen LogP contribution is 2.30. The second-order valence-corrected chi connectivity index (χ2v) is 4.98. The lowest BCUT2D eigenvalue weighted by atomic mass is 10.0. The molecule has 1 heterocycles. The van der Waals surface area contributed by atoms with Crippen LogP contribution in [0.15, 0.2) is 28.9 Å². The van der Waals surface area contributed by atoms with Crippen LogP contribution in [0.3, 0.4) is 0 Å². The first-order chi connectivity index (χ1) is 8.54. The van der Waals surface area contributed by atoms with E-state index < -0.39 is 11.9 Å². The van der Waals surface area contributed by atoms with Gasteiger partial charge in [0.1, 0.15) is 11.9 Å². The maximum atomic E-state index is 13.8. The average Bonchev–Trinajstić information content (AvgIpc) is 2.72. The predicted octanol–water partition coefficient (Wildman–Crippen LogP) is 3.19. The lowest BCUT2D eigenvalue weighted by Gasteiger charge is -2.15. The van der Waals surface area contributed by atoms with E-state index >= 15 is 0 Å². The topological polar surface area (TPSA) is 38.0 Å². The van der Waals surface area contributed by atoms with Crippen molar-refractivity contribution in [3.63, 3.8) is 0 Å². The van der Waals surface area contributed by atoms with Crippen LogP contribution >= 0.6 is 15.9 Å². The van der Waals surface area contributed by atoms with Crippen LogP contribution in [-0.4, -0.2) is 14.9 Å². The van der Waals surface area contributed by atoms with Crippen LogP contribution < -0.4 is 0 Å². The molecule has 0 spiro atoms. The number of hydrogen-bond acceptors (Lipinski definition) is 2. The third kappa shape index (κ3) is 2.33. The Morgan fingerprint density at radius 3 is 2.89 bits per heavy atom. The second kappa shape index (κ2) is 5.20. The zero-order valence-corrected chi connectivity index (χ0v) is 11.8. The molecule has 0 fully saturated rings. The van der Waals surface area contributed by atoms with Gasteiger partial charge in [-0.05, 0) is 35.8 Å². The van der Waals surface area contributed by atoms with Crippen molar-refractivity contribution in [1.82, 2.24) is 9.78 Å². The Labute approximate surface area is 113 Å². The molecule has 0 aliphatic carbocycles. The molecule has 1 aromatic heterocycles. The summed E-state index contributed by atoms with van der Waals surface area (Å²) >= 11 is 3.33. The molecule has 96 valence electrons. The molecule has 0 aliphatic rings. The molecule has 1 aromatic carbocycles. The minimum atomic E-state index is -1.03. The summed E-state index contributed by atoms with van der Waals surface area (Å²) < 4.78 is 16.1. The minimum Gasteiger partial charge on any atom is -0.382 e. The maximum absolute atomic E-state index is 13.8. The molecule has 0 radical (unpaired) electrons. The third-order valence-corrected chi connectivity index (χ3v) is 3.45. The van der Waals surface area contributed by atoms with Gasteiger partial charge in [0.05, 0.1) is 16.4 Å². The smallest absolute Gasteiger partial charge is 0.129 e. The van der Waals surface area contributed by atoms with Crippen molar-refractivity contribution in [3.05, 3.63) is 51.5 Å². The molecule has 2 rings (SSSR count). The highest BCUT2D eigenvalue weighted by molar-refractivity contribution is 9.10. The van der Waals surface area contributed by atoms with E-state index in [4.69, 9.17) is 0 Å². The number of benzene rings is 1. The van der Waals surface area contributed by atoms with E-state index in [0.717, 1.165) is 5.56 Å². The van der Waals surface area contributed by atoms with Gasteiger partial charge >= 0.3 is 0 Å². The van der Waals surface area contributed by atoms with E-state index in [1.165, 1.54) is 6.07 Å². The van der Waals surface area contributed by atoms with Crippen LogP contribution in [-0.2, 0) is 6.54 Å². The van der Waals surface area contributed by atoms with Gasteiger partial charge in [0.2, 0.25) is 0 Å². The zero-order valence-electron chi connectivity index (χ0n) is 10.2. The Balaban J connectivity index is 2.50. The summed E-state index contributed by atoms with van der Waals surface area (Å²) in [6, 6.07) is 4.70. The largest absolute Gasteiger partial charge is 0.382 e. The molecule has 1 atom stereocenters. The van der Waals surface area contributed by atoms with Gasteiger partial charge in [0, 0.05) is 12.1 Å². The number of aryl methyl sites for hydroxylation is 2. The number of rotatable bonds is 3. The van der Waals surface area contributed by atoms with Crippen molar-refractivity contribution in [3.8, 4) is 0 Å². The number of halogens is 2. The van der Waals surface area contributed by atoms with Gasteiger partial charge in [0.25, 0.3) is 0 Å². The van der Waals surface area contributed by atoms with Gasteiger partial charge in [0.15, 0.2) is 0 Å². The number of nitrogens with zero attached hydrogens (tertiary/aromatic N) is 2. The van der Waals surface area contributed by atoms with E-state index in [9.17, 15) is 9.50 Å². The Hall–Kier alpha value is -1.20. The molecule has 0 bridgehead atoms. The van der Waals surface area contributed by atoms with Crippen molar-refractivity contribution in [2.45, 2.75) is 26.5 Å². The summed E-state index contributed by atoms with van der Waals surface area (Å²) in [6.07, 6.45) is 0.581. The fourth-order valence-electron chi connectivity index (χ4n) is 1.92. The molecule has 0 amide bonds. The first-order valence-electron chi connectivity index (χ1n) is 5.70. The quantitative estimate of drug-likeness (QED) is 0.945. The Bertz CT molecular complexity index is 568. The maximum Gasteiger partial charge on any atom is 0.129 e. The molecule has 2 aromatic rings. The molecular weight excluding hydrogens is 299 g/mol. The number of aliphatic hydroxyl groups excluding tert-OH is 1. The first kappa shape index (κ1) is 13.2. The second-order valence-electron chi connectivity index (χ2n) is 4.12. The van der Waals surface area contributed by atoms with Crippen LogP contribution in [0.1, 0.15) is 29.8 Å². The fraction of sp³-hybridized carbons (Fsp3) is 0.308. The molecule has 3 nitrogen and oxygen atoms in total. The van der Waals surface area contributed by atoms with Crippen molar-refractivity contribution in [1.29, 1.82) is 0 Å². The highest BCUT2D eigenvalue weighted by Gasteiger charge is 2.21. The summed E-state index contributed by atoms with van der Waals surface area (Å²) in [5, 5.41) is 14.5. The van der Waals surface area contributed by atoms with Gasteiger partial charge in [-0.1, -0.05) is 17.7 Å². The monoisotopic (exact) mass is 312 g/mol. The number of aromatic nitrogens is 2. The molecule has 5 heteroatoms. The van der Waals surface area contributed by atoms with Gasteiger partial charge in [-0.2, -0.15) is 5.10 Å². The third-order valence-electron chi connectivity index (χ3n) is 2.84. The minimum absolute atomic E-state index is 0.269. The van der Waals surface area contributed by atoms with E-state index in [-0.39, 0.29) is 5.56 Å². The molecular formula is C13H14BrFN2O. The molecule has 1 N–H and O–H groups in total. The summed E-state index contributed by atoms with van der Waals surface area (Å²) in [6.45, 7) is 4.40. The Morgan fingerprint density at radius 1 is 1.50 bits per heavy atom. The highest BCUT2D eigenvalue weighted by atomic mass is 79.9. The van der Waals surface area contributed by atoms with E-state index in [1.807, 2.05) is 13.8 Å². The Kier molecular flexibility index (Phi) is 3.82. The molecule has 0 aliphatic heterocycles. The number of aliphatic hydroxyl groups is 1. The molecule has 18 heavy (non-hydrogen) atoms. The van der Waals surface area contributed by atoms with E-state index in [1.54, 1.807) is 23.0 Å². The van der Waals surface area contributed by atoms with Gasteiger partial charge < -0.3 is 5.11 Å². The average molecular weight is 313 g/mol. The van der Waals surface area contributed by atoms with Crippen LogP contribution in [0.4, 0.5) is 4.39 Å². The lowest BCUT2D eigenvalue weighted by Crippen LogP contribution is -2.11. The summed E-state index contributed by atoms with van der Waals surface area (Å²) in [5.41, 5.74) is 1.75. The van der Waals surface area contributed by atoms with Gasteiger partial charge in [-0.25, -0.2) is 4.39 Å². The van der Waals surface area contributed by atoms with Crippen molar-refractivity contribution < 1.29 is 9.50 Å². The predicted molar refractivity (Wildman–Crippen MR) is 70.8 cm³/mol. The lowest BCUT2D eigenvalue weighted by molar-refractivity contribution is 0.202. The normalized spacial score (nSPS) is 12.7. The molecule has 1 unspecified atom stereocenters. The van der Waals surface area contributed by atoms with Crippen LogP contribution in [0.25, 0.3) is 0 Å². The molecule has 0 saturated heterocycles. The van der Waals surface area contributed by atoms with Crippen LogP contribution in [0.5, 0.6) is 0 Å². The van der Waals surface area contributed by atoms with Crippen molar-refractivity contribution >= 4 is 15.9 Å². The molecule has 0 saturated carbocycles. The first-order valence-corrected chi connectivity index (χ1v) is 6.49. The van der Waals surface area contributed by atoms with Crippen molar-refractivity contribution in [2.75, 3.05) is 0 Å².